The number of rotatable bonds is 6. The molecule has 2 aliphatic rings. The van der Waals surface area contributed by atoms with Crippen molar-refractivity contribution in [3.63, 3.8) is 0 Å². The molecule has 0 radical (unpaired) electrons. The Bertz CT molecular complexity index is 863. The van der Waals surface area contributed by atoms with E-state index in [2.05, 4.69) is 19.1 Å². The van der Waals surface area contributed by atoms with Gasteiger partial charge in [-0.25, -0.2) is 4.79 Å². The quantitative estimate of drug-likeness (QED) is 0.493. The second kappa shape index (κ2) is 9.34. The van der Waals surface area contributed by atoms with Crippen molar-refractivity contribution in [3.8, 4) is 0 Å². The molecule has 2 aliphatic carbocycles. The number of hydrogen-bond donors (Lipinski definition) is 1. The van der Waals surface area contributed by atoms with E-state index in [0.717, 1.165) is 34.8 Å². The van der Waals surface area contributed by atoms with Crippen LogP contribution in [0.5, 0.6) is 0 Å². The van der Waals surface area contributed by atoms with Crippen molar-refractivity contribution < 1.29 is 19.5 Å². The fraction of sp³-hybridized carbons (Fsp3) is 0.480. The highest BCUT2D eigenvalue weighted by atomic mass is 16.4. The van der Waals surface area contributed by atoms with Gasteiger partial charge in [-0.05, 0) is 40.0 Å². The highest BCUT2D eigenvalue weighted by molar-refractivity contribution is 5.86. The van der Waals surface area contributed by atoms with Crippen molar-refractivity contribution in [1.82, 2.24) is 0 Å². The predicted molar refractivity (Wildman–Crippen MR) is 115 cm³/mol. The van der Waals surface area contributed by atoms with E-state index in [1.54, 1.807) is 13.0 Å². The predicted octanol–water partition coefficient (Wildman–Crippen LogP) is 5.23. The SMILES string of the molecule is CC(=O)CC1=C(C)C=C2CC(C)C(=O)C(C)C2C1\C=C(C)/C=C(C)/C=C/C(=O)O. The molecule has 4 atom stereocenters. The Morgan fingerprint density at radius 3 is 2.38 bits per heavy atom. The summed E-state index contributed by atoms with van der Waals surface area (Å²) >= 11 is 0. The normalized spacial score (nSPS) is 28.5. The van der Waals surface area contributed by atoms with Gasteiger partial charge in [-0.3, -0.25) is 9.59 Å². The molecule has 156 valence electrons. The molecule has 1 fully saturated rings. The van der Waals surface area contributed by atoms with Crippen LogP contribution >= 0.6 is 0 Å². The topological polar surface area (TPSA) is 71.4 Å². The van der Waals surface area contributed by atoms with E-state index in [1.165, 1.54) is 5.57 Å². The molecule has 1 N–H and O–H groups in total. The van der Waals surface area contributed by atoms with Crippen LogP contribution in [0.25, 0.3) is 0 Å². The molecule has 4 heteroatoms. The number of Topliss-reactive ketones (excluding diaryl/α,β-unsaturated/α-hetero) is 2. The lowest BCUT2D eigenvalue weighted by Gasteiger charge is -2.42. The molecular weight excluding hydrogens is 364 g/mol. The van der Waals surface area contributed by atoms with Crippen LogP contribution in [0.4, 0.5) is 0 Å². The van der Waals surface area contributed by atoms with E-state index in [4.69, 9.17) is 5.11 Å². The summed E-state index contributed by atoms with van der Waals surface area (Å²) in [6.07, 6.45) is 10.1. The van der Waals surface area contributed by atoms with Crippen LogP contribution in [-0.4, -0.2) is 22.6 Å². The summed E-state index contributed by atoms with van der Waals surface area (Å²) in [6, 6.07) is 0. The zero-order valence-electron chi connectivity index (χ0n) is 18.3. The Kier molecular flexibility index (Phi) is 7.34. The van der Waals surface area contributed by atoms with Crippen LogP contribution in [0.2, 0.25) is 0 Å². The number of hydrogen-bond acceptors (Lipinski definition) is 3. The smallest absolute Gasteiger partial charge is 0.328 e. The summed E-state index contributed by atoms with van der Waals surface area (Å²) in [5.74, 6) is -0.553. The molecule has 0 aliphatic heterocycles. The molecular formula is C25H32O4. The number of fused-ring (bicyclic) bond motifs is 1. The number of carbonyl (C=O) groups is 3. The average Bonchev–Trinajstić information content (AvgIpc) is 2.60. The van der Waals surface area contributed by atoms with Gasteiger partial charge in [0.05, 0.1) is 0 Å². The zero-order valence-corrected chi connectivity index (χ0v) is 18.3. The van der Waals surface area contributed by atoms with E-state index < -0.39 is 5.97 Å². The Labute approximate surface area is 173 Å². The van der Waals surface area contributed by atoms with E-state index >= 15 is 0 Å². The summed E-state index contributed by atoms with van der Waals surface area (Å²) in [4.78, 5) is 35.4. The number of aliphatic carboxylic acids is 1. The minimum absolute atomic E-state index is 0.00199. The van der Waals surface area contributed by atoms with Crippen molar-refractivity contribution in [2.75, 3.05) is 0 Å². The summed E-state index contributed by atoms with van der Waals surface area (Å²) in [5.41, 5.74) is 5.35. The molecule has 4 unspecified atom stereocenters. The molecule has 0 spiro atoms. The molecule has 4 nitrogen and oxygen atoms in total. The van der Waals surface area contributed by atoms with Gasteiger partial charge in [0, 0.05) is 30.3 Å². The van der Waals surface area contributed by atoms with Gasteiger partial charge in [0.1, 0.15) is 11.6 Å². The maximum Gasteiger partial charge on any atom is 0.328 e. The van der Waals surface area contributed by atoms with Crippen molar-refractivity contribution in [2.24, 2.45) is 23.7 Å². The lowest BCUT2D eigenvalue weighted by molar-refractivity contribution is -0.131. The van der Waals surface area contributed by atoms with Crippen molar-refractivity contribution >= 4 is 17.5 Å². The van der Waals surface area contributed by atoms with E-state index in [1.807, 2.05) is 33.8 Å². The van der Waals surface area contributed by atoms with Crippen LogP contribution in [0.3, 0.4) is 0 Å². The summed E-state index contributed by atoms with van der Waals surface area (Å²) < 4.78 is 0. The third-order valence-electron chi connectivity index (χ3n) is 5.97. The van der Waals surface area contributed by atoms with Gasteiger partial charge in [-0.15, -0.1) is 0 Å². The molecule has 1 saturated carbocycles. The summed E-state index contributed by atoms with van der Waals surface area (Å²) in [7, 11) is 0. The van der Waals surface area contributed by atoms with E-state index in [9.17, 15) is 14.4 Å². The highest BCUT2D eigenvalue weighted by Crippen LogP contribution is 2.47. The van der Waals surface area contributed by atoms with Crippen LogP contribution < -0.4 is 0 Å². The second-order valence-electron chi connectivity index (χ2n) is 8.62. The third-order valence-corrected chi connectivity index (χ3v) is 5.97. The van der Waals surface area contributed by atoms with Crippen LogP contribution in [0.1, 0.15) is 54.4 Å². The number of allylic oxidation sites excluding steroid dienone is 9. The number of ketones is 2. The fourth-order valence-corrected chi connectivity index (χ4v) is 4.76. The van der Waals surface area contributed by atoms with Gasteiger partial charge in [-0.2, -0.15) is 0 Å². The van der Waals surface area contributed by atoms with E-state index in [-0.39, 0.29) is 29.5 Å². The molecule has 0 saturated heterocycles. The largest absolute Gasteiger partial charge is 0.478 e. The lowest BCUT2D eigenvalue weighted by Crippen LogP contribution is -2.39. The molecule has 0 amide bonds. The Balaban J connectivity index is 2.50. The molecule has 2 rings (SSSR count). The van der Waals surface area contributed by atoms with Gasteiger partial charge in [0.15, 0.2) is 0 Å². The molecule has 0 aromatic carbocycles. The van der Waals surface area contributed by atoms with Gasteiger partial charge < -0.3 is 5.11 Å². The Morgan fingerprint density at radius 1 is 1.14 bits per heavy atom. The number of carboxylic acids is 1. The first-order valence-corrected chi connectivity index (χ1v) is 10.2. The maximum absolute atomic E-state index is 12.7. The van der Waals surface area contributed by atoms with Gasteiger partial charge in [0.2, 0.25) is 0 Å². The van der Waals surface area contributed by atoms with Gasteiger partial charge in [0.25, 0.3) is 0 Å². The van der Waals surface area contributed by atoms with Gasteiger partial charge >= 0.3 is 5.97 Å². The zero-order chi connectivity index (χ0) is 21.9. The lowest BCUT2D eigenvalue weighted by atomic mass is 9.61. The minimum atomic E-state index is -0.979. The Hall–Kier alpha value is -2.49. The van der Waals surface area contributed by atoms with Crippen molar-refractivity contribution in [2.45, 2.75) is 54.4 Å². The number of carboxylic acid groups (broad SMARTS) is 1. The minimum Gasteiger partial charge on any atom is -0.478 e. The third kappa shape index (κ3) is 5.53. The van der Waals surface area contributed by atoms with E-state index in [0.29, 0.717) is 12.2 Å². The first-order chi connectivity index (χ1) is 13.5. The summed E-state index contributed by atoms with van der Waals surface area (Å²) in [6.45, 7) is 11.5. The molecule has 0 aromatic heterocycles. The number of carbonyl (C=O) groups excluding carboxylic acids is 2. The standard InChI is InChI=1S/C25H32O4/c1-14(7-8-23(27)28)9-15(2)10-22-21(13-18(5)26)16(3)11-20-12-17(4)25(29)19(6)24(20)22/h7-11,17,19,22,24H,12-13H2,1-6H3,(H,27,28)/b8-7+,14-9+,15-10-. The van der Waals surface area contributed by atoms with Crippen LogP contribution in [-0.2, 0) is 14.4 Å². The molecule has 0 aromatic rings. The molecule has 0 bridgehead atoms. The maximum atomic E-state index is 12.7. The first-order valence-electron chi connectivity index (χ1n) is 10.2. The monoisotopic (exact) mass is 396 g/mol. The highest BCUT2D eigenvalue weighted by Gasteiger charge is 2.42. The summed E-state index contributed by atoms with van der Waals surface area (Å²) in [5, 5.41) is 8.81. The first kappa shape index (κ1) is 22.8. The fourth-order valence-electron chi connectivity index (χ4n) is 4.76. The molecule has 29 heavy (non-hydrogen) atoms. The molecule has 0 heterocycles. The van der Waals surface area contributed by atoms with Crippen molar-refractivity contribution in [3.05, 3.63) is 58.2 Å². The Morgan fingerprint density at radius 2 is 1.79 bits per heavy atom. The van der Waals surface area contributed by atoms with Gasteiger partial charge in [-0.1, -0.05) is 66.0 Å². The van der Waals surface area contributed by atoms with Crippen LogP contribution in [0, 0.1) is 23.7 Å². The van der Waals surface area contributed by atoms with Crippen LogP contribution in [0.15, 0.2) is 58.2 Å². The second-order valence-corrected chi connectivity index (χ2v) is 8.62. The average molecular weight is 397 g/mol. The van der Waals surface area contributed by atoms with Crippen molar-refractivity contribution in [1.29, 1.82) is 0 Å².